The van der Waals surface area contributed by atoms with E-state index in [-0.39, 0.29) is 0 Å². The van der Waals surface area contributed by atoms with Crippen molar-refractivity contribution < 1.29 is 0 Å². The first-order valence-electron chi connectivity index (χ1n) is 10.5. The molecule has 3 N–H and O–H groups in total. The Morgan fingerprint density at radius 3 is 1.13 bits per heavy atom. The summed E-state index contributed by atoms with van der Waals surface area (Å²) in [6.07, 6.45) is 6.10. The van der Waals surface area contributed by atoms with Crippen molar-refractivity contribution in [2.75, 3.05) is 35.6 Å². The molecule has 0 aliphatic carbocycles. The number of benzene rings is 3. The third-order valence-electron chi connectivity index (χ3n) is 3.79. The minimum atomic E-state index is 0.823. The fourth-order valence-electron chi connectivity index (χ4n) is 2.38. The van der Waals surface area contributed by atoms with E-state index in [0.717, 1.165) is 36.7 Å². The lowest BCUT2D eigenvalue weighted by Crippen LogP contribution is -2.00. The molecule has 3 aromatic carbocycles. The molecule has 0 fully saturated rings. The van der Waals surface area contributed by atoms with Gasteiger partial charge in [0.05, 0.1) is 0 Å². The zero-order valence-electron chi connectivity index (χ0n) is 18.2. The third-order valence-corrected chi connectivity index (χ3v) is 3.79. The zero-order chi connectivity index (χ0) is 21.7. The summed E-state index contributed by atoms with van der Waals surface area (Å²) < 4.78 is 0. The number of hydrogen-bond donors (Lipinski definition) is 3. The van der Waals surface area contributed by atoms with Crippen molar-refractivity contribution in [2.45, 2.75) is 13.8 Å². The molecule has 0 heterocycles. The van der Waals surface area contributed by atoms with Gasteiger partial charge in [-0.2, -0.15) is 0 Å². The highest BCUT2D eigenvalue weighted by atomic mass is 14.9. The van der Waals surface area contributed by atoms with E-state index in [4.69, 9.17) is 0 Å². The number of para-hydroxylation sites is 3. The van der Waals surface area contributed by atoms with Crippen molar-refractivity contribution in [3.8, 4) is 0 Å². The van der Waals surface area contributed by atoms with E-state index in [0.29, 0.717) is 0 Å². The monoisotopic (exact) mass is 401 g/mol. The maximum absolute atomic E-state index is 3.61. The van der Waals surface area contributed by atoms with Crippen LogP contribution in [0.2, 0.25) is 0 Å². The van der Waals surface area contributed by atoms with Crippen molar-refractivity contribution >= 4 is 17.1 Å². The summed E-state index contributed by atoms with van der Waals surface area (Å²) in [4.78, 5) is 0. The summed E-state index contributed by atoms with van der Waals surface area (Å²) in [7, 11) is 0. The molecular formula is C27H35N3. The molecule has 30 heavy (non-hydrogen) atoms. The lowest BCUT2D eigenvalue weighted by atomic mass is 10.3. The van der Waals surface area contributed by atoms with Crippen LogP contribution in [-0.4, -0.2) is 19.6 Å². The predicted molar refractivity (Wildman–Crippen MR) is 135 cm³/mol. The van der Waals surface area contributed by atoms with Gasteiger partial charge in [-0.15, -0.1) is 6.58 Å². The molecular weight excluding hydrogens is 366 g/mol. The standard InChI is InChI=1S/C16H18N2.C9H11N.C2H6/c1-3-9-15(10-4-1)17-13-7-8-14-18-16-11-5-2-6-12-16;1-2-8-10-9-6-4-3-5-7-9;1-2/h1-12,17-18H,13-14H2;2-7,10H,1,8H2;1-2H3. The highest BCUT2D eigenvalue weighted by Gasteiger charge is 1.87. The van der Waals surface area contributed by atoms with Gasteiger partial charge in [-0.25, -0.2) is 0 Å². The first-order chi connectivity index (χ1) is 14.9. The summed E-state index contributed by atoms with van der Waals surface area (Å²) in [5.41, 5.74) is 3.44. The SMILES string of the molecule is C(=CCNc1ccccc1)CNc1ccccc1.C=CCNc1ccccc1.CC. The van der Waals surface area contributed by atoms with Gasteiger partial charge in [0.1, 0.15) is 0 Å². The predicted octanol–water partition coefficient (Wildman–Crippen LogP) is 7.08. The normalized spacial score (nSPS) is 9.40. The van der Waals surface area contributed by atoms with Gasteiger partial charge in [-0.1, -0.05) is 86.7 Å². The molecule has 0 amide bonds. The molecule has 0 unspecified atom stereocenters. The Hall–Kier alpha value is -3.46. The van der Waals surface area contributed by atoms with Crippen LogP contribution in [0.5, 0.6) is 0 Å². The molecule has 0 spiro atoms. The second-order valence-corrected chi connectivity index (χ2v) is 6.00. The van der Waals surface area contributed by atoms with Gasteiger partial charge in [0.2, 0.25) is 0 Å². The zero-order valence-corrected chi connectivity index (χ0v) is 18.2. The van der Waals surface area contributed by atoms with Crippen LogP contribution in [0.25, 0.3) is 0 Å². The number of rotatable bonds is 9. The summed E-state index contributed by atoms with van der Waals surface area (Å²) in [6.45, 7) is 10.1. The minimum absolute atomic E-state index is 0.823. The fourth-order valence-corrected chi connectivity index (χ4v) is 2.38. The molecule has 0 aliphatic rings. The number of hydrogen-bond acceptors (Lipinski definition) is 3. The first-order valence-corrected chi connectivity index (χ1v) is 10.5. The van der Waals surface area contributed by atoms with Gasteiger partial charge < -0.3 is 16.0 Å². The molecule has 3 aromatic rings. The van der Waals surface area contributed by atoms with Crippen molar-refractivity contribution in [1.29, 1.82) is 0 Å². The van der Waals surface area contributed by atoms with Crippen LogP contribution in [0.15, 0.2) is 116 Å². The van der Waals surface area contributed by atoms with E-state index < -0.39 is 0 Å². The number of anilines is 3. The Morgan fingerprint density at radius 1 is 0.533 bits per heavy atom. The second kappa shape index (κ2) is 17.6. The van der Waals surface area contributed by atoms with Gasteiger partial charge in [0.15, 0.2) is 0 Å². The summed E-state index contributed by atoms with van der Waals surface area (Å²) in [6, 6.07) is 30.5. The molecule has 3 rings (SSSR count). The molecule has 158 valence electrons. The molecule has 0 saturated heterocycles. The van der Waals surface area contributed by atoms with E-state index in [2.05, 4.69) is 58.9 Å². The molecule has 0 atom stereocenters. The summed E-state index contributed by atoms with van der Waals surface area (Å²) in [5.74, 6) is 0. The Kier molecular flexibility index (Phi) is 14.4. The van der Waals surface area contributed by atoms with E-state index in [1.807, 2.05) is 86.7 Å². The molecule has 0 saturated carbocycles. The van der Waals surface area contributed by atoms with Crippen LogP contribution in [-0.2, 0) is 0 Å². The Bertz CT molecular complexity index is 739. The topological polar surface area (TPSA) is 36.1 Å². The van der Waals surface area contributed by atoms with Crippen LogP contribution in [0.1, 0.15) is 13.8 Å². The Labute approximate surface area is 182 Å². The van der Waals surface area contributed by atoms with E-state index in [1.165, 1.54) is 0 Å². The van der Waals surface area contributed by atoms with Crippen molar-refractivity contribution in [1.82, 2.24) is 0 Å². The summed E-state index contributed by atoms with van der Waals surface area (Å²) in [5, 5.41) is 9.83. The molecule has 0 radical (unpaired) electrons. The first kappa shape index (κ1) is 24.6. The molecule has 3 nitrogen and oxygen atoms in total. The lowest BCUT2D eigenvalue weighted by Gasteiger charge is -2.03. The average Bonchev–Trinajstić information content (AvgIpc) is 2.84. The van der Waals surface area contributed by atoms with Crippen LogP contribution >= 0.6 is 0 Å². The highest BCUT2D eigenvalue weighted by Crippen LogP contribution is 2.05. The second-order valence-electron chi connectivity index (χ2n) is 6.00. The molecule has 0 aliphatic heterocycles. The maximum atomic E-state index is 3.61. The van der Waals surface area contributed by atoms with Crippen molar-refractivity contribution in [3.63, 3.8) is 0 Å². The maximum Gasteiger partial charge on any atom is 0.0342 e. The van der Waals surface area contributed by atoms with Gasteiger partial charge in [0, 0.05) is 36.7 Å². The quantitative estimate of drug-likeness (QED) is 0.335. The van der Waals surface area contributed by atoms with Crippen molar-refractivity contribution in [2.24, 2.45) is 0 Å². The summed E-state index contributed by atoms with van der Waals surface area (Å²) >= 11 is 0. The fraction of sp³-hybridized carbons (Fsp3) is 0.185. The van der Waals surface area contributed by atoms with E-state index in [9.17, 15) is 0 Å². The van der Waals surface area contributed by atoms with Crippen LogP contribution < -0.4 is 16.0 Å². The van der Waals surface area contributed by atoms with Crippen LogP contribution in [0.4, 0.5) is 17.1 Å². The minimum Gasteiger partial charge on any atom is -0.382 e. The molecule has 3 heteroatoms. The van der Waals surface area contributed by atoms with Gasteiger partial charge in [-0.05, 0) is 36.4 Å². The van der Waals surface area contributed by atoms with Gasteiger partial charge >= 0.3 is 0 Å². The largest absolute Gasteiger partial charge is 0.382 e. The van der Waals surface area contributed by atoms with E-state index >= 15 is 0 Å². The Morgan fingerprint density at radius 2 is 0.833 bits per heavy atom. The highest BCUT2D eigenvalue weighted by molar-refractivity contribution is 5.44. The van der Waals surface area contributed by atoms with Gasteiger partial charge in [0.25, 0.3) is 0 Å². The third kappa shape index (κ3) is 12.1. The van der Waals surface area contributed by atoms with E-state index in [1.54, 1.807) is 0 Å². The lowest BCUT2D eigenvalue weighted by molar-refractivity contribution is 1.28. The van der Waals surface area contributed by atoms with Crippen LogP contribution in [0.3, 0.4) is 0 Å². The molecule has 0 bridgehead atoms. The van der Waals surface area contributed by atoms with Crippen molar-refractivity contribution in [3.05, 3.63) is 116 Å². The Balaban J connectivity index is 0.000000318. The smallest absolute Gasteiger partial charge is 0.0342 e. The van der Waals surface area contributed by atoms with Crippen LogP contribution in [0, 0.1) is 0 Å². The van der Waals surface area contributed by atoms with Gasteiger partial charge in [-0.3, -0.25) is 0 Å². The molecule has 0 aromatic heterocycles. The average molecular weight is 402 g/mol. The number of nitrogens with one attached hydrogen (secondary N) is 3.